The number of nitrogen functional groups attached to an aromatic ring is 1. The number of aryl methyl sites for hydroxylation is 1. The number of hydrogen-bond donors (Lipinski definition) is 1. The third-order valence-corrected chi connectivity index (χ3v) is 8.53. The van der Waals surface area contributed by atoms with Crippen LogP contribution in [0.15, 0.2) is 78.3 Å². The van der Waals surface area contributed by atoms with Gasteiger partial charge < -0.3 is 10.6 Å². The van der Waals surface area contributed by atoms with Crippen LogP contribution in [0.3, 0.4) is 0 Å². The van der Waals surface area contributed by atoms with Crippen molar-refractivity contribution < 1.29 is 4.79 Å². The molecule has 0 saturated carbocycles. The number of benzene rings is 2. The fraction of sp³-hybridized carbons (Fsp3) is 0.281. The summed E-state index contributed by atoms with van der Waals surface area (Å²) in [7, 11) is 0. The van der Waals surface area contributed by atoms with Gasteiger partial charge in [-0.05, 0) is 59.3 Å². The Balaban J connectivity index is 1.07. The molecule has 0 spiro atoms. The second kappa shape index (κ2) is 11.6. The maximum absolute atomic E-state index is 13.1. The van der Waals surface area contributed by atoms with Gasteiger partial charge in [0.05, 0.1) is 11.2 Å². The fourth-order valence-electron chi connectivity index (χ4n) is 5.41. The van der Waals surface area contributed by atoms with Crippen molar-refractivity contribution in [2.75, 3.05) is 36.8 Å². The molecule has 2 N–H and O–H groups in total. The molecule has 3 aromatic heterocycles. The zero-order chi connectivity index (χ0) is 27.5. The van der Waals surface area contributed by atoms with Gasteiger partial charge in [-0.3, -0.25) is 14.4 Å². The van der Waals surface area contributed by atoms with Gasteiger partial charge in [0, 0.05) is 73.4 Å². The molecular weight excluding hydrogens is 516 g/mol. The molecule has 4 heterocycles. The van der Waals surface area contributed by atoms with Gasteiger partial charge in [-0.1, -0.05) is 37.3 Å². The number of aromatic nitrogens is 3. The summed E-state index contributed by atoms with van der Waals surface area (Å²) in [5, 5.41) is 8.24. The van der Waals surface area contributed by atoms with Crippen molar-refractivity contribution in [2.45, 2.75) is 32.9 Å². The molecule has 1 saturated heterocycles. The van der Waals surface area contributed by atoms with Crippen LogP contribution in [0.2, 0.25) is 0 Å². The van der Waals surface area contributed by atoms with Crippen LogP contribution in [0.25, 0.3) is 21.3 Å². The fourth-order valence-corrected chi connectivity index (χ4v) is 6.13. The lowest BCUT2D eigenvalue weighted by atomic mass is 10.00. The predicted octanol–water partition coefficient (Wildman–Crippen LogP) is 5.90. The van der Waals surface area contributed by atoms with Gasteiger partial charge in [-0.25, -0.2) is 4.98 Å². The Morgan fingerprint density at radius 2 is 1.85 bits per heavy atom. The second-order valence-corrected chi connectivity index (χ2v) is 11.3. The molecule has 6 rings (SSSR count). The zero-order valence-electron chi connectivity index (χ0n) is 22.8. The van der Waals surface area contributed by atoms with Crippen molar-refractivity contribution in [2.24, 2.45) is 0 Å². The highest BCUT2D eigenvalue weighted by atomic mass is 32.1. The lowest BCUT2D eigenvalue weighted by Gasteiger charge is -2.35. The second-order valence-electron chi connectivity index (χ2n) is 10.3. The van der Waals surface area contributed by atoms with E-state index in [1.54, 1.807) is 17.5 Å². The van der Waals surface area contributed by atoms with E-state index in [0.29, 0.717) is 11.3 Å². The van der Waals surface area contributed by atoms with E-state index < -0.39 is 0 Å². The van der Waals surface area contributed by atoms with Crippen LogP contribution in [0.4, 0.5) is 11.5 Å². The number of thiophene rings is 1. The smallest absolute Gasteiger partial charge is 0.168 e. The number of carbonyl (C=O) groups excluding carboxylic acids is 1. The minimum Gasteiger partial charge on any atom is -0.398 e. The Morgan fingerprint density at radius 1 is 1.00 bits per heavy atom. The van der Waals surface area contributed by atoms with Gasteiger partial charge in [0.25, 0.3) is 0 Å². The first-order valence-electron chi connectivity index (χ1n) is 13.9. The molecule has 1 fully saturated rings. The summed E-state index contributed by atoms with van der Waals surface area (Å²) in [5.41, 5.74) is 11.8. The van der Waals surface area contributed by atoms with E-state index in [2.05, 4.69) is 56.7 Å². The highest BCUT2D eigenvalue weighted by molar-refractivity contribution is 7.13. The van der Waals surface area contributed by atoms with Crippen LogP contribution < -0.4 is 10.6 Å². The molecular formula is C32H34N6OS. The summed E-state index contributed by atoms with van der Waals surface area (Å²) in [6.07, 6.45) is 3.03. The maximum Gasteiger partial charge on any atom is 0.168 e. The van der Waals surface area contributed by atoms with Gasteiger partial charge in [-0.2, -0.15) is 5.10 Å². The maximum atomic E-state index is 13.1. The Labute approximate surface area is 238 Å². The molecule has 0 unspecified atom stereocenters. The topological polar surface area (TPSA) is 80.3 Å². The molecule has 5 aromatic rings. The van der Waals surface area contributed by atoms with Crippen LogP contribution in [0.1, 0.15) is 35.0 Å². The normalized spacial score (nSPS) is 14.2. The molecule has 1 aliphatic rings. The van der Waals surface area contributed by atoms with Crippen LogP contribution in [-0.4, -0.2) is 51.6 Å². The van der Waals surface area contributed by atoms with Crippen molar-refractivity contribution in [3.05, 3.63) is 95.1 Å². The first-order valence-corrected chi connectivity index (χ1v) is 14.8. The molecule has 40 heavy (non-hydrogen) atoms. The molecule has 2 aromatic carbocycles. The summed E-state index contributed by atoms with van der Waals surface area (Å²) in [6.45, 7) is 7.64. The van der Waals surface area contributed by atoms with Crippen LogP contribution in [-0.2, 0) is 19.5 Å². The SMILES string of the molecule is CCCn1nc(CN2CCN(c3ccc(C(=O)Cc4cc(-c5cccs5)ccc4N)cn3)CC2)c2ccccc21. The van der Waals surface area contributed by atoms with E-state index >= 15 is 0 Å². The van der Waals surface area contributed by atoms with Crippen molar-refractivity contribution in [3.8, 4) is 10.4 Å². The summed E-state index contributed by atoms with van der Waals surface area (Å²) < 4.78 is 2.14. The van der Waals surface area contributed by atoms with E-state index in [0.717, 1.165) is 68.3 Å². The van der Waals surface area contributed by atoms with Gasteiger partial charge >= 0.3 is 0 Å². The third-order valence-electron chi connectivity index (χ3n) is 7.61. The molecule has 0 amide bonds. The van der Waals surface area contributed by atoms with E-state index in [1.165, 1.54) is 15.8 Å². The molecule has 7 nitrogen and oxygen atoms in total. The van der Waals surface area contributed by atoms with Gasteiger partial charge in [0.2, 0.25) is 0 Å². The molecule has 1 aliphatic heterocycles. The number of nitrogens with two attached hydrogens (primary N) is 1. The van der Waals surface area contributed by atoms with E-state index in [-0.39, 0.29) is 12.2 Å². The number of para-hydroxylation sites is 1. The van der Waals surface area contributed by atoms with Gasteiger partial charge in [0.15, 0.2) is 5.78 Å². The summed E-state index contributed by atoms with van der Waals surface area (Å²) in [6, 6.07) is 22.4. The van der Waals surface area contributed by atoms with Crippen LogP contribution in [0.5, 0.6) is 0 Å². The molecule has 204 valence electrons. The number of ketones is 1. The first kappa shape index (κ1) is 26.2. The zero-order valence-corrected chi connectivity index (χ0v) is 23.6. The number of piperazine rings is 1. The standard InChI is InChI=1S/C32H34N6OS/c1-2-13-38-29-7-4-3-6-26(29)28(35-38)22-36-14-16-37(17-15-36)32-12-10-24(21-34-32)30(39)20-25-19-23(9-11-27(25)33)31-8-5-18-40-31/h3-12,18-19,21H,2,13-17,20,22,33H2,1H3. The Hall–Kier alpha value is -4.01. The third kappa shape index (κ3) is 5.50. The molecule has 8 heteroatoms. The average molecular weight is 551 g/mol. The highest BCUT2D eigenvalue weighted by Gasteiger charge is 2.21. The van der Waals surface area contributed by atoms with Crippen molar-refractivity contribution in [1.29, 1.82) is 0 Å². The number of carbonyl (C=O) groups is 1. The van der Waals surface area contributed by atoms with E-state index in [9.17, 15) is 4.79 Å². The molecule has 0 atom stereocenters. The number of anilines is 2. The number of rotatable bonds is 9. The summed E-state index contributed by atoms with van der Waals surface area (Å²) in [5.74, 6) is 0.932. The van der Waals surface area contributed by atoms with Crippen molar-refractivity contribution in [3.63, 3.8) is 0 Å². The Bertz CT molecular complexity index is 1600. The van der Waals surface area contributed by atoms with Gasteiger partial charge in [-0.15, -0.1) is 11.3 Å². The summed E-state index contributed by atoms with van der Waals surface area (Å²) in [4.78, 5) is 23.7. The van der Waals surface area contributed by atoms with Gasteiger partial charge in [0.1, 0.15) is 5.82 Å². The Kier molecular flexibility index (Phi) is 7.62. The first-order chi connectivity index (χ1) is 19.6. The van der Waals surface area contributed by atoms with Crippen LogP contribution >= 0.6 is 11.3 Å². The predicted molar refractivity (Wildman–Crippen MR) is 164 cm³/mol. The van der Waals surface area contributed by atoms with Crippen molar-refractivity contribution in [1.82, 2.24) is 19.7 Å². The Morgan fingerprint density at radius 3 is 2.60 bits per heavy atom. The largest absolute Gasteiger partial charge is 0.398 e. The average Bonchev–Trinajstić information content (AvgIpc) is 3.64. The number of fused-ring (bicyclic) bond motifs is 1. The molecule has 0 bridgehead atoms. The highest BCUT2D eigenvalue weighted by Crippen LogP contribution is 2.28. The lowest BCUT2D eigenvalue weighted by molar-refractivity contribution is 0.0993. The number of nitrogens with zero attached hydrogens (tertiary/aromatic N) is 5. The summed E-state index contributed by atoms with van der Waals surface area (Å²) >= 11 is 1.68. The molecule has 0 radical (unpaired) electrons. The number of pyridine rings is 1. The van der Waals surface area contributed by atoms with Crippen LogP contribution in [0, 0.1) is 0 Å². The monoisotopic (exact) mass is 550 g/mol. The molecule has 0 aliphatic carbocycles. The van der Waals surface area contributed by atoms with Crippen molar-refractivity contribution >= 4 is 39.5 Å². The minimum atomic E-state index is 0.0219. The quantitative estimate of drug-likeness (QED) is 0.182. The number of hydrogen-bond acceptors (Lipinski definition) is 7. The minimum absolute atomic E-state index is 0.0219. The lowest BCUT2D eigenvalue weighted by Crippen LogP contribution is -2.46. The number of Topliss-reactive ketones (excluding diaryl/α,β-unsaturated/α-hetero) is 1. The van der Waals surface area contributed by atoms with E-state index in [1.807, 2.05) is 41.8 Å². The van der Waals surface area contributed by atoms with E-state index in [4.69, 9.17) is 10.8 Å².